The molecule has 0 aliphatic carbocycles. The number of anilines is 1. The van der Waals surface area contributed by atoms with Crippen LogP contribution in [0.15, 0.2) is 84.4 Å². The van der Waals surface area contributed by atoms with Crippen molar-refractivity contribution >= 4 is 35.1 Å². The van der Waals surface area contributed by atoms with Crippen LogP contribution in [0.5, 0.6) is 5.75 Å². The molecule has 0 bridgehead atoms. The monoisotopic (exact) mass is 391 g/mol. The molecule has 0 fully saturated rings. The van der Waals surface area contributed by atoms with E-state index in [4.69, 9.17) is 16.3 Å². The Morgan fingerprint density at radius 2 is 1.64 bits per heavy atom. The van der Waals surface area contributed by atoms with E-state index in [1.54, 1.807) is 86.0 Å². The van der Waals surface area contributed by atoms with Gasteiger partial charge >= 0.3 is 0 Å². The minimum Gasteiger partial charge on any atom is -0.497 e. The maximum absolute atomic E-state index is 13.0. The molecule has 0 aromatic heterocycles. The van der Waals surface area contributed by atoms with Crippen molar-refractivity contribution in [3.05, 3.63) is 101 Å². The van der Waals surface area contributed by atoms with Crippen molar-refractivity contribution in [1.29, 1.82) is 0 Å². The fourth-order valence-electron chi connectivity index (χ4n) is 2.60. The van der Waals surface area contributed by atoms with Crippen molar-refractivity contribution < 1.29 is 14.3 Å². The van der Waals surface area contributed by atoms with Crippen LogP contribution in [0.2, 0.25) is 5.02 Å². The zero-order valence-corrected chi connectivity index (χ0v) is 15.9. The van der Waals surface area contributed by atoms with E-state index in [0.29, 0.717) is 27.6 Å². The van der Waals surface area contributed by atoms with Crippen LogP contribution >= 0.6 is 11.6 Å². The predicted octanol–water partition coefficient (Wildman–Crippen LogP) is 5.25. The topological polar surface area (TPSA) is 55.4 Å². The first-order chi connectivity index (χ1) is 13.6. The molecule has 4 nitrogen and oxygen atoms in total. The van der Waals surface area contributed by atoms with E-state index in [2.05, 4.69) is 5.32 Å². The van der Waals surface area contributed by atoms with Crippen molar-refractivity contribution in [2.24, 2.45) is 0 Å². The van der Waals surface area contributed by atoms with Crippen molar-refractivity contribution in [2.45, 2.75) is 0 Å². The van der Waals surface area contributed by atoms with Gasteiger partial charge in [-0.1, -0.05) is 60.1 Å². The molecular formula is C23H18ClNO3. The molecule has 140 valence electrons. The summed E-state index contributed by atoms with van der Waals surface area (Å²) >= 11 is 5.93. The first kappa shape index (κ1) is 19.4. The van der Waals surface area contributed by atoms with E-state index in [1.165, 1.54) is 0 Å². The second-order valence-corrected chi connectivity index (χ2v) is 6.43. The summed E-state index contributed by atoms with van der Waals surface area (Å²) < 4.78 is 5.18. The molecule has 0 heterocycles. The van der Waals surface area contributed by atoms with Gasteiger partial charge in [-0.05, 0) is 35.9 Å². The SMILES string of the molecule is COc1cccc(NC(=O)C(=Cc2ccc(Cl)cc2)C(=O)c2ccccc2)c1. The van der Waals surface area contributed by atoms with Crippen LogP contribution in [-0.2, 0) is 4.79 Å². The van der Waals surface area contributed by atoms with Gasteiger partial charge < -0.3 is 10.1 Å². The van der Waals surface area contributed by atoms with Gasteiger partial charge in [0.15, 0.2) is 5.78 Å². The van der Waals surface area contributed by atoms with Crippen LogP contribution in [0.25, 0.3) is 6.08 Å². The summed E-state index contributed by atoms with van der Waals surface area (Å²) in [6.45, 7) is 0. The summed E-state index contributed by atoms with van der Waals surface area (Å²) in [6, 6.07) is 22.5. The van der Waals surface area contributed by atoms with Crippen LogP contribution in [-0.4, -0.2) is 18.8 Å². The lowest BCUT2D eigenvalue weighted by Gasteiger charge is -2.10. The lowest BCUT2D eigenvalue weighted by molar-refractivity contribution is -0.112. The Bertz CT molecular complexity index is 1010. The van der Waals surface area contributed by atoms with Gasteiger partial charge in [-0.3, -0.25) is 9.59 Å². The lowest BCUT2D eigenvalue weighted by atomic mass is 10.00. The fourth-order valence-corrected chi connectivity index (χ4v) is 2.73. The molecule has 0 atom stereocenters. The van der Waals surface area contributed by atoms with Crippen molar-refractivity contribution in [2.75, 3.05) is 12.4 Å². The number of nitrogens with one attached hydrogen (secondary N) is 1. The Kier molecular flexibility index (Phi) is 6.25. The van der Waals surface area contributed by atoms with E-state index < -0.39 is 5.91 Å². The van der Waals surface area contributed by atoms with E-state index >= 15 is 0 Å². The molecule has 3 aromatic rings. The van der Waals surface area contributed by atoms with Gasteiger partial charge in [-0.2, -0.15) is 0 Å². The Hall–Kier alpha value is -3.37. The molecule has 3 rings (SSSR count). The maximum Gasteiger partial charge on any atom is 0.259 e. The molecule has 0 unspecified atom stereocenters. The summed E-state index contributed by atoms with van der Waals surface area (Å²) in [4.78, 5) is 25.9. The molecule has 28 heavy (non-hydrogen) atoms. The van der Waals surface area contributed by atoms with Crippen LogP contribution in [0.4, 0.5) is 5.69 Å². The highest BCUT2D eigenvalue weighted by molar-refractivity contribution is 6.31. The smallest absolute Gasteiger partial charge is 0.259 e. The lowest BCUT2D eigenvalue weighted by Crippen LogP contribution is -2.20. The van der Waals surface area contributed by atoms with Crippen LogP contribution in [0.3, 0.4) is 0 Å². The molecule has 0 radical (unpaired) electrons. The number of carbonyl (C=O) groups is 2. The van der Waals surface area contributed by atoms with Gasteiger partial charge in [0, 0.05) is 22.3 Å². The number of hydrogen-bond donors (Lipinski definition) is 1. The number of halogens is 1. The van der Waals surface area contributed by atoms with Gasteiger partial charge in [-0.15, -0.1) is 0 Å². The molecule has 0 saturated heterocycles. The van der Waals surface area contributed by atoms with Crippen molar-refractivity contribution in [3.8, 4) is 5.75 Å². The number of rotatable bonds is 6. The predicted molar refractivity (Wildman–Crippen MR) is 112 cm³/mol. The Morgan fingerprint density at radius 1 is 0.929 bits per heavy atom. The quantitative estimate of drug-likeness (QED) is 0.270. The average Bonchev–Trinajstić information content (AvgIpc) is 2.73. The normalized spacial score (nSPS) is 11.0. The first-order valence-electron chi connectivity index (χ1n) is 8.59. The standard InChI is InChI=1S/C23H18ClNO3/c1-28-20-9-5-8-19(15-20)25-23(27)21(14-16-10-12-18(24)13-11-16)22(26)17-6-3-2-4-7-17/h2-15H,1H3,(H,25,27). The fraction of sp³-hybridized carbons (Fsp3) is 0.0435. The maximum atomic E-state index is 13.0. The minimum absolute atomic E-state index is 0.0244. The van der Waals surface area contributed by atoms with Gasteiger partial charge in [-0.25, -0.2) is 0 Å². The largest absolute Gasteiger partial charge is 0.497 e. The number of amides is 1. The number of Topliss-reactive ketones (excluding diaryl/α,β-unsaturated/α-hetero) is 1. The number of carbonyl (C=O) groups excluding carboxylic acids is 2. The van der Waals surface area contributed by atoms with E-state index in [-0.39, 0.29) is 11.4 Å². The number of methoxy groups -OCH3 is 1. The third-order valence-corrected chi connectivity index (χ3v) is 4.29. The first-order valence-corrected chi connectivity index (χ1v) is 8.97. The molecule has 1 amide bonds. The molecule has 0 saturated carbocycles. The zero-order chi connectivity index (χ0) is 19.9. The molecule has 3 aromatic carbocycles. The summed E-state index contributed by atoms with van der Waals surface area (Å²) in [6.07, 6.45) is 1.56. The summed E-state index contributed by atoms with van der Waals surface area (Å²) in [5.41, 5.74) is 1.69. The molecule has 0 aliphatic rings. The van der Waals surface area contributed by atoms with Gasteiger partial charge in [0.05, 0.1) is 12.7 Å². The molecule has 1 N–H and O–H groups in total. The molecular weight excluding hydrogens is 374 g/mol. The van der Waals surface area contributed by atoms with Crippen molar-refractivity contribution in [3.63, 3.8) is 0 Å². The van der Waals surface area contributed by atoms with Gasteiger partial charge in [0.25, 0.3) is 5.91 Å². The van der Waals surface area contributed by atoms with Gasteiger partial charge in [0.2, 0.25) is 0 Å². The zero-order valence-electron chi connectivity index (χ0n) is 15.2. The van der Waals surface area contributed by atoms with E-state index in [9.17, 15) is 9.59 Å². The van der Waals surface area contributed by atoms with Crippen LogP contribution in [0.1, 0.15) is 15.9 Å². The third-order valence-electron chi connectivity index (χ3n) is 4.03. The molecule has 0 aliphatic heterocycles. The summed E-state index contributed by atoms with van der Waals surface area (Å²) in [5.74, 6) is -0.261. The Balaban J connectivity index is 1.96. The Morgan fingerprint density at radius 3 is 2.32 bits per heavy atom. The number of ether oxygens (including phenoxy) is 1. The number of ketones is 1. The van der Waals surface area contributed by atoms with Gasteiger partial charge in [0.1, 0.15) is 5.75 Å². The summed E-state index contributed by atoms with van der Waals surface area (Å²) in [7, 11) is 1.55. The number of benzene rings is 3. The van der Waals surface area contributed by atoms with Crippen LogP contribution in [0, 0.1) is 0 Å². The van der Waals surface area contributed by atoms with Crippen molar-refractivity contribution in [1.82, 2.24) is 0 Å². The average molecular weight is 392 g/mol. The minimum atomic E-state index is -0.503. The van der Waals surface area contributed by atoms with Crippen LogP contribution < -0.4 is 10.1 Å². The van der Waals surface area contributed by atoms with E-state index in [0.717, 1.165) is 0 Å². The van der Waals surface area contributed by atoms with E-state index in [1.807, 2.05) is 6.07 Å². The Labute approximate surface area is 168 Å². The third kappa shape index (κ3) is 4.87. The number of hydrogen-bond acceptors (Lipinski definition) is 3. The highest BCUT2D eigenvalue weighted by Gasteiger charge is 2.20. The highest BCUT2D eigenvalue weighted by atomic mass is 35.5. The molecule has 5 heteroatoms. The second-order valence-electron chi connectivity index (χ2n) is 5.99. The summed E-state index contributed by atoms with van der Waals surface area (Å²) in [5, 5.41) is 3.34. The molecule has 0 spiro atoms. The highest BCUT2D eigenvalue weighted by Crippen LogP contribution is 2.20. The second kappa shape index (κ2) is 9.02.